The van der Waals surface area contributed by atoms with Gasteiger partial charge in [0.25, 0.3) is 0 Å². The van der Waals surface area contributed by atoms with Crippen molar-refractivity contribution in [3.8, 4) is 66.8 Å². The van der Waals surface area contributed by atoms with E-state index in [-0.39, 0.29) is 0 Å². The van der Waals surface area contributed by atoms with Gasteiger partial charge in [-0.15, -0.1) is 11.3 Å². The Hall–Kier alpha value is -8.82. The Morgan fingerprint density at radius 2 is 0.643 bits per heavy atom. The molecule has 0 aliphatic heterocycles. The zero-order chi connectivity index (χ0) is 46.4. The van der Waals surface area contributed by atoms with E-state index in [1.54, 1.807) is 0 Å². The fraction of sp³-hybridized carbons (Fsp3) is 0. The maximum atomic E-state index is 2.50. The first-order valence-corrected chi connectivity index (χ1v) is 24.8. The molecule has 0 amide bonds. The zero-order valence-electron chi connectivity index (χ0n) is 38.3. The third-order valence-corrected chi connectivity index (χ3v) is 15.1. The maximum Gasteiger partial charge on any atom is 0.0624 e. The third-order valence-electron chi connectivity index (χ3n) is 13.9. The number of thiophene rings is 1. The van der Waals surface area contributed by atoms with E-state index in [9.17, 15) is 0 Å². The molecule has 13 rings (SSSR count). The summed E-state index contributed by atoms with van der Waals surface area (Å²) in [5, 5.41) is 7.48. The molecule has 0 aliphatic carbocycles. The van der Waals surface area contributed by atoms with Gasteiger partial charge in [-0.25, -0.2) is 0 Å². The third kappa shape index (κ3) is 7.34. The predicted molar refractivity (Wildman–Crippen MR) is 302 cm³/mol. The van der Waals surface area contributed by atoms with E-state index in [4.69, 9.17) is 0 Å². The molecule has 1 aromatic heterocycles. The summed E-state index contributed by atoms with van der Waals surface area (Å²) in [5.74, 6) is 0. The molecule has 70 heavy (non-hydrogen) atoms. The van der Waals surface area contributed by atoms with Crippen LogP contribution in [0.3, 0.4) is 0 Å². The number of hydrogen-bond donors (Lipinski definition) is 0. The molecule has 0 aliphatic rings. The van der Waals surface area contributed by atoms with Crippen molar-refractivity contribution >= 4 is 70.1 Å². The van der Waals surface area contributed by atoms with Crippen molar-refractivity contribution in [2.24, 2.45) is 0 Å². The van der Waals surface area contributed by atoms with Crippen LogP contribution < -0.4 is 4.90 Å². The highest BCUT2D eigenvalue weighted by molar-refractivity contribution is 7.26. The van der Waals surface area contributed by atoms with Gasteiger partial charge >= 0.3 is 0 Å². The summed E-state index contributed by atoms with van der Waals surface area (Å²) in [5.41, 5.74) is 17.7. The van der Waals surface area contributed by atoms with Crippen LogP contribution in [0.2, 0.25) is 0 Å². The SMILES string of the molecule is c1ccc(-c2cccc(-c3c(N(c4ccc(-c5ccc(-c6ccccc6-c6ccccc6)cc5)cc4)c4ccc(-c5cccc6c5sc5ccccc56)cc4)c4ccccc4c4ccccc34)c2)cc1. The Balaban J connectivity index is 0.982. The quantitative estimate of drug-likeness (QED) is 0.130. The van der Waals surface area contributed by atoms with Gasteiger partial charge in [0.2, 0.25) is 0 Å². The summed E-state index contributed by atoms with van der Waals surface area (Å²) >= 11 is 1.88. The highest BCUT2D eigenvalue weighted by Crippen LogP contribution is 2.50. The second kappa shape index (κ2) is 17.7. The van der Waals surface area contributed by atoms with Crippen LogP contribution in [0.15, 0.2) is 273 Å². The Morgan fingerprint density at radius 3 is 1.31 bits per heavy atom. The molecule has 0 fully saturated rings. The standard InChI is InChI=1S/C68H45NS/c1-3-17-46(18-4-1)52-21-15-22-53(45-52)66-62-28-11-9-25-59(62)60-26-10-12-29-63(60)67(66)69(55-43-39-51(40-44-55)58-30-16-31-64-61-27-13-14-32-65(61)70-68(58)64)54-41-37-48(38-42-54)47-33-35-50(36-34-47)57-24-8-7-23-56(57)49-19-5-2-6-20-49/h1-45H. The monoisotopic (exact) mass is 907 g/mol. The Bertz CT molecular complexity index is 4020. The molecule has 0 radical (unpaired) electrons. The zero-order valence-corrected chi connectivity index (χ0v) is 39.2. The molecule has 12 aromatic carbocycles. The van der Waals surface area contributed by atoms with Gasteiger partial charge in [0.15, 0.2) is 0 Å². The number of anilines is 3. The Morgan fingerprint density at radius 1 is 0.243 bits per heavy atom. The van der Waals surface area contributed by atoms with E-state index >= 15 is 0 Å². The lowest BCUT2D eigenvalue weighted by atomic mass is 9.88. The van der Waals surface area contributed by atoms with Gasteiger partial charge < -0.3 is 4.90 Å². The summed E-state index contributed by atoms with van der Waals surface area (Å²) < 4.78 is 2.63. The van der Waals surface area contributed by atoms with Gasteiger partial charge in [-0.05, 0) is 114 Å². The average Bonchev–Trinajstić information content (AvgIpc) is 3.83. The molecule has 0 saturated carbocycles. The van der Waals surface area contributed by atoms with Crippen LogP contribution in [-0.4, -0.2) is 0 Å². The van der Waals surface area contributed by atoms with Gasteiger partial charge in [0.1, 0.15) is 0 Å². The molecule has 0 bridgehead atoms. The second-order valence-corrected chi connectivity index (χ2v) is 19.0. The summed E-state index contributed by atoms with van der Waals surface area (Å²) in [6.45, 7) is 0. The summed E-state index contributed by atoms with van der Waals surface area (Å²) in [6.07, 6.45) is 0. The van der Waals surface area contributed by atoms with Gasteiger partial charge in [0, 0.05) is 42.5 Å². The molecule has 0 spiro atoms. The van der Waals surface area contributed by atoms with Gasteiger partial charge in [-0.1, -0.05) is 237 Å². The molecule has 0 N–H and O–H groups in total. The van der Waals surface area contributed by atoms with Gasteiger partial charge in [-0.3, -0.25) is 0 Å². The van der Waals surface area contributed by atoms with Crippen molar-refractivity contribution in [2.75, 3.05) is 4.90 Å². The molecule has 1 heterocycles. The maximum absolute atomic E-state index is 2.50. The number of hydrogen-bond acceptors (Lipinski definition) is 2. The van der Waals surface area contributed by atoms with Crippen molar-refractivity contribution < 1.29 is 0 Å². The van der Waals surface area contributed by atoms with Crippen LogP contribution in [0.5, 0.6) is 0 Å². The first-order chi connectivity index (χ1) is 34.7. The van der Waals surface area contributed by atoms with Crippen LogP contribution in [0.4, 0.5) is 17.1 Å². The fourth-order valence-electron chi connectivity index (χ4n) is 10.6. The number of rotatable bonds is 9. The average molecular weight is 908 g/mol. The van der Waals surface area contributed by atoms with E-state index in [0.717, 1.165) is 22.6 Å². The molecule has 2 heteroatoms. The topological polar surface area (TPSA) is 3.24 Å². The smallest absolute Gasteiger partial charge is 0.0624 e. The van der Waals surface area contributed by atoms with Crippen LogP contribution in [-0.2, 0) is 0 Å². The number of benzene rings is 12. The Kier molecular flexibility index (Phi) is 10.5. The van der Waals surface area contributed by atoms with Crippen molar-refractivity contribution in [3.05, 3.63) is 273 Å². The number of nitrogens with zero attached hydrogens (tertiary/aromatic N) is 1. The first kappa shape index (κ1) is 41.4. The first-order valence-electron chi connectivity index (χ1n) is 24.0. The molecule has 1 nitrogen and oxygen atoms in total. The van der Waals surface area contributed by atoms with E-state index in [1.165, 1.54) is 103 Å². The van der Waals surface area contributed by atoms with Crippen LogP contribution in [0.25, 0.3) is 108 Å². The second-order valence-electron chi connectivity index (χ2n) is 18.0. The lowest BCUT2D eigenvalue weighted by Gasteiger charge is -2.31. The van der Waals surface area contributed by atoms with Crippen LogP contribution in [0, 0.1) is 0 Å². The molecule has 0 unspecified atom stereocenters. The minimum absolute atomic E-state index is 1.08. The number of fused-ring (bicyclic) bond motifs is 6. The fourth-order valence-corrected chi connectivity index (χ4v) is 11.8. The van der Waals surface area contributed by atoms with Gasteiger partial charge in [0.05, 0.1) is 5.69 Å². The largest absolute Gasteiger partial charge is 0.309 e. The molecule has 0 atom stereocenters. The van der Waals surface area contributed by atoms with Crippen molar-refractivity contribution in [1.29, 1.82) is 0 Å². The highest BCUT2D eigenvalue weighted by atomic mass is 32.1. The van der Waals surface area contributed by atoms with Crippen molar-refractivity contribution in [3.63, 3.8) is 0 Å². The minimum atomic E-state index is 1.08. The lowest BCUT2D eigenvalue weighted by molar-refractivity contribution is 1.30. The summed E-state index contributed by atoms with van der Waals surface area (Å²) in [4.78, 5) is 2.50. The van der Waals surface area contributed by atoms with E-state index < -0.39 is 0 Å². The van der Waals surface area contributed by atoms with Crippen molar-refractivity contribution in [1.82, 2.24) is 0 Å². The van der Waals surface area contributed by atoms with Crippen LogP contribution >= 0.6 is 11.3 Å². The van der Waals surface area contributed by atoms with Crippen molar-refractivity contribution in [2.45, 2.75) is 0 Å². The molecule has 328 valence electrons. The Labute approximate surface area is 412 Å². The van der Waals surface area contributed by atoms with Crippen LogP contribution in [0.1, 0.15) is 0 Å². The van der Waals surface area contributed by atoms with E-state index in [2.05, 4.69) is 278 Å². The summed E-state index contributed by atoms with van der Waals surface area (Å²) in [7, 11) is 0. The minimum Gasteiger partial charge on any atom is -0.309 e. The molecular weight excluding hydrogens is 863 g/mol. The van der Waals surface area contributed by atoms with E-state index in [0.29, 0.717) is 0 Å². The normalized spacial score (nSPS) is 11.4. The molecule has 0 saturated heterocycles. The van der Waals surface area contributed by atoms with E-state index in [1.807, 2.05) is 11.3 Å². The highest BCUT2D eigenvalue weighted by Gasteiger charge is 2.24. The predicted octanol–water partition coefficient (Wildman–Crippen LogP) is 19.8. The van der Waals surface area contributed by atoms with Gasteiger partial charge in [-0.2, -0.15) is 0 Å². The molecule has 13 aromatic rings. The molecular formula is C68H45NS. The lowest BCUT2D eigenvalue weighted by Crippen LogP contribution is -2.12. The summed E-state index contributed by atoms with van der Waals surface area (Å²) in [6, 6.07) is 100.0.